The average Bonchev–Trinajstić information content (AvgIpc) is 2.75. The normalized spacial score (nSPS) is 29.2. The van der Waals surface area contributed by atoms with Crippen LogP contribution in [-0.4, -0.2) is 23.6 Å². The number of amides is 1. The molecule has 2 aliphatic rings. The monoisotopic (exact) mass is 217 g/mol. The predicted molar refractivity (Wildman–Crippen MR) is 59.6 cm³/mol. The SMILES string of the molecule is O=C1CCC[C@H]2OC[C@H](c3ccccc3)N12. The van der Waals surface area contributed by atoms with Gasteiger partial charge in [0.2, 0.25) is 5.91 Å². The van der Waals surface area contributed by atoms with E-state index in [1.807, 2.05) is 23.1 Å². The second kappa shape index (κ2) is 3.91. The molecule has 3 rings (SSSR count). The van der Waals surface area contributed by atoms with Crippen molar-refractivity contribution in [2.24, 2.45) is 0 Å². The van der Waals surface area contributed by atoms with Gasteiger partial charge < -0.3 is 9.64 Å². The summed E-state index contributed by atoms with van der Waals surface area (Å²) in [5.41, 5.74) is 1.18. The van der Waals surface area contributed by atoms with Gasteiger partial charge in [0.05, 0.1) is 12.6 Å². The van der Waals surface area contributed by atoms with Crippen LogP contribution in [-0.2, 0) is 9.53 Å². The van der Waals surface area contributed by atoms with Gasteiger partial charge in [0.25, 0.3) is 0 Å². The fourth-order valence-electron chi connectivity index (χ4n) is 2.61. The standard InChI is InChI=1S/C13H15NO2/c15-12-7-4-8-13-14(12)11(9-16-13)10-5-2-1-3-6-10/h1-3,5-6,11,13H,4,7-9H2/t11-,13-/m1/s1. The Labute approximate surface area is 95.0 Å². The minimum Gasteiger partial charge on any atom is -0.356 e. The van der Waals surface area contributed by atoms with Crippen LogP contribution in [0.3, 0.4) is 0 Å². The molecule has 0 radical (unpaired) electrons. The molecule has 2 fully saturated rings. The van der Waals surface area contributed by atoms with E-state index >= 15 is 0 Å². The molecule has 16 heavy (non-hydrogen) atoms. The quantitative estimate of drug-likeness (QED) is 0.721. The maximum Gasteiger partial charge on any atom is 0.225 e. The molecule has 3 heteroatoms. The van der Waals surface area contributed by atoms with Crippen molar-refractivity contribution < 1.29 is 9.53 Å². The molecule has 0 aliphatic carbocycles. The number of hydrogen-bond donors (Lipinski definition) is 0. The van der Waals surface area contributed by atoms with E-state index in [1.54, 1.807) is 0 Å². The molecule has 3 nitrogen and oxygen atoms in total. The summed E-state index contributed by atoms with van der Waals surface area (Å²) in [7, 11) is 0. The number of piperidine rings is 1. The molecule has 84 valence electrons. The number of carbonyl (C=O) groups is 1. The summed E-state index contributed by atoms with van der Waals surface area (Å²) in [6.07, 6.45) is 2.63. The first-order valence-corrected chi connectivity index (χ1v) is 5.84. The summed E-state index contributed by atoms with van der Waals surface area (Å²) < 4.78 is 5.70. The Morgan fingerprint density at radius 1 is 1.25 bits per heavy atom. The Morgan fingerprint density at radius 2 is 2.06 bits per heavy atom. The lowest BCUT2D eigenvalue weighted by Gasteiger charge is -2.32. The van der Waals surface area contributed by atoms with Crippen molar-refractivity contribution in [3.05, 3.63) is 35.9 Å². The van der Waals surface area contributed by atoms with Crippen LogP contribution in [0.4, 0.5) is 0 Å². The number of benzene rings is 1. The van der Waals surface area contributed by atoms with E-state index in [0.717, 1.165) is 12.8 Å². The minimum absolute atomic E-state index is 0.0199. The topological polar surface area (TPSA) is 29.5 Å². The summed E-state index contributed by atoms with van der Waals surface area (Å²) in [5.74, 6) is 0.239. The van der Waals surface area contributed by atoms with Crippen LogP contribution < -0.4 is 0 Å². The Hall–Kier alpha value is -1.35. The molecule has 0 spiro atoms. The van der Waals surface area contributed by atoms with Crippen molar-refractivity contribution in [2.45, 2.75) is 31.5 Å². The van der Waals surface area contributed by atoms with Crippen LogP contribution in [0.15, 0.2) is 30.3 Å². The maximum atomic E-state index is 11.9. The number of ether oxygens (including phenoxy) is 1. The molecule has 0 saturated carbocycles. The molecule has 0 N–H and O–H groups in total. The van der Waals surface area contributed by atoms with E-state index < -0.39 is 0 Å². The van der Waals surface area contributed by atoms with E-state index in [0.29, 0.717) is 13.0 Å². The van der Waals surface area contributed by atoms with Crippen molar-refractivity contribution in [3.8, 4) is 0 Å². The Bertz CT molecular complexity index is 390. The van der Waals surface area contributed by atoms with Crippen LogP contribution in [0.25, 0.3) is 0 Å². The lowest BCUT2D eigenvalue weighted by Crippen LogP contribution is -2.41. The third-order valence-corrected chi connectivity index (χ3v) is 3.41. The molecule has 0 unspecified atom stereocenters. The van der Waals surface area contributed by atoms with Crippen LogP contribution in [0.5, 0.6) is 0 Å². The highest BCUT2D eigenvalue weighted by molar-refractivity contribution is 5.78. The van der Waals surface area contributed by atoms with Crippen molar-refractivity contribution >= 4 is 5.91 Å². The molecular formula is C13H15NO2. The van der Waals surface area contributed by atoms with Crippen molar-refractivity contribution in [2.75, 3.05) is 6.61 Å². The van der Waals surface area contributed by atoms with E-state index in [1.165, 1.54) is 5.56 Å². The van der Waals surface area contributed by atoms with Crippen molar-refractivity contribution in [1.82, 2.24) is 4.90 Å². The van der Waals surface area contributed by atoms with Gasteiger partial charge in [-0.2, -0.15) is 0 Å². The lowest BCUT2D eigenvalue weighted by atomic mass is 10.0. The highest BCUT2D eigenvalue weighted by Crippen LogP contribution is 2.35. The van der Waals surface area contributed by atoms with Gasteiger partial charge in [0, 0.05) is 6.42 Å². The first kappa shape index (κ1) is 9.85. The molecule has 1 amide bonds. The van der Waals surface area contributed by atoms with E-state index in [2.05, 4.69) is 12.1 Å². The zero-order valence-corrected chi connectivity index (χ0v) is 9.13. The first-order chi connectivity index (χ1) is 7.86. The largest absolute Gasteiger partial charge is 0.356 e. The molecule has 0 bridgehead atoms. The summed E-state index contributed by atoms with van der Waals surface area (Å²) in [4.78, 5) is 13.8. The fraction of sp³-hybridized carbons (Fsp3) is 0.462. The maximum absolute atomic E-state index is 11.9. The first-order valence-electron chi connectivity index (χ1n) is 5.84. The third kappa shape index (κ3) is 1.52. The summed E-state index contributed by atoms with van der Waals surface area (Å²) in [6.45, 7) is 0.639. The summed E-state index contributed by atoms with van der Waals surface area (Å²) >= 11 is 0. The minimum atomic E-state index is 0.0199. The summed E-state index contributed by atoms with van der Waals surface area (Å²) in [5, 5.41) is 0. The van der Waals surface area contributed by atoms with E-state index in [4.69, 9.17) is 4.74 Å². The molecule has 1 aromatic carbocycles. The second-order valence-electron chi connectivity index (χ2n) is 4.41. The number of hydrogen-bond acceptors (Lipinski definition) is 2. The van der Waals surface area contributed by atoms with Gasteiger partial charge in [-0.15, -0.1) is 0 Å². The zero-order valence-electron chi connectivity index (χ0n) is 9.13. The van der Waals surface area contributed by atoms with Gasteiger partial charge in [0.1, 0.15) is 6.23 Å². The van der Waals surface area contributed by atoms with E-state index in [-0.39, 0.29) is 18.2 Å². The molecular weight excluding hydrogens is 202 g/mol. The molecule has 2 heterocycles. The lowest BCUT2D eigenvalue weighted by molar-refractivity contribution is -0.142. The number of carbonyl (C=O) groups excluding carboxylic acids is 1. The zero-order chi connectivity index (χ0) is 11.0. The van der Waals surface area contributed by atoms with Crippen LogP contribution >= 0.6 is 0 Å². The van der Waals surface area contributed by atoms with Gasteiger partial charge in [0.15, 0.2) is 0 Å². The van der Waals surface area contributed by atoms with Gasteiger partial charge in [-0.1, -0.05) is 30.3 Å². The molecule has 1 aromatic rings. The molecule has 2 saturated heterocycles. The van der Waals surface area contributed by atoms with Crippen LogP contribution in [0.1, 0.15) is 30.9 Å². The fourth-order valence-corrected chi connectivity index (χ4v) is 2.61. The van der Waals surface area contributed by atoms with Gasteiger partial charge in [-0.05, 0) is 18.4 Å². The third-order valence-electron chi connectivity index (χ3n) is 3.41. The summed E-state index contributed by atoms with van der Waals surface area (Å²) in [6, 6.07) is 10.3. The van der Waals surface area contributed by atoms with Crippen LogP contribution in [0, 0.1) is 0 Å². The molecule has 0 aromatic heterocycles. The number of rotatable bonds is 1. The molecule has 2 atom stereocenters. The highest BCUT2D eigenvalue weighted by Gasteiger charge is 2.40. The Kier molecular flexibility index (Phi) is 2.40. The molecule has 2 aliphatic heterocycles. The van der Waals surface area contributed by atoms with Crippen molar-refractivity contribution in [3.63, 3.8) is 0 Å². The van der Waals surface area contributed by atoms with Crippen molar-refractivity contribution in [1.29, 1.82) is 0 Å². The Balaban J connectivity index is 1.89. The Morgan fingerprint density at radius 3 is 2.88 bits per heavy atom. The van der Waals surface area contributed by atoms with Gasteiger partial charge in [-0.25, -0.2) is 0 Å². The average molecular weight is 217 g/mol. The smallest absolute Gasteiger partial charge is 0.225 e. The second-order valence-corrected chi connectivity index (χ2v) is 4.41. The number of fused-ring (bicyclic) bond motifs is 1. The van der Waals surface area contributed by atoms with E-state index in [9.17, 15) is 4.79 Å². The van der Waals surface area contributed by atoms with Gasteiger partial charge >= 0.3 is 0 Å². The van der Waals surface area contributed by atoms with Gasteiger partial charge in [-0.3, -0.25) is 4.79 Å². The predicted octanol–water partition coefficient (Wildman–Crippen LogP) is 2.10. The van der Waals surface area contributed by atoms with Crippen LogP contribution in [0.2, 0.25) is 0 Å². The highest BCUT2D eigenvalue weighted by atomic mass is 16.5. The number of nitrogens with zero attached hydrogens (tertiary/aromatic N) is 1.